The van der Waals surface area contributed by atoms with Gasteiger partial charge in [-0.3, -0.25) is 5.32 Å². The van der Waals surface area contributed by atoms with Crippen molar-refractivity contribution in [1.82, 2.24) is 0 Å². The maximum atomic E-state index is 11.8. The standard InChI is InChI=1S/C18H22N2O2/c1-18(2,3)22-17(21)20-16-11-7-10-15(12-16)19-13-14-8-5-4-6-9-14/h4-12,19H,13H2,1-3H3,(H,20,21). The van der Waals surface area contributed by atoms with Gasteiger partial charge in [-0.1, -0.05) is 36.4 Å². The van der Waals surface area contributed by atoms with Crippen LogP contribution >= 0.6 is 0 Å². The van der Waals surface area contributed by atoms with Gasteiger partial charge in [0.1, 0.15) is 5.60 Å². The van der Waals surface area contributed by atoms with Gasteiger partial charge >= 0.3 is 6.09 Å². The van der Waals surface area contributed by atoms with Crippen LogP contribution < -0.4 is 10.6 Å². The summed E-state index contributed by atoms with van der Waals surface area (Å²) in [4.78, 5) is 11.8. The third-order valence-corrected chi connectivity index (χ3v) is 2.85. The topological polar surface area (TPSA) is 50.4 Å². The number of hydrogen-bond donors (Lipinski definition) is 2. The Morgan fingerprint density at radius 3 is 2.36 bits per heavy atom. The van der Waals surface area contributed by atoms with Crippen molar-refractivity contribution in [1.29, 1.82) is 0 Å². The number of carbonyl (C=O) groups excluding carboxylic acids is 1. The lowest BCUT2D eigenvalue weighted by Gasteiger charge is -2.19. The fraction of sp³-hybridized carbons (Fsp3) is 0.278. The number of rotatable bonds is 4. The summed E-state index contributed by atoms with van der Waals surface area (Å²) < 4.78 is 5.24. The molecule has 0 unspecified atom stereocenters. The third kappa shape index (κ3) is 5.48. The summed E-state index contributed by atoms with van der Waals surface area (Å²) in [7, 11) is 0. The van der Waals surface area contributed by atoms with E-state index in [2.05, 4.69) is 22.8 Å². The van der Waals surface area contributed by atoms with Crippen molar-refractivity contribution in [2.24, 2.45) is 0 Å². The molecule has 0 saturated heterocycles. The molecule has 2 rings (SSSR count). The predicted octanol–water partition coefficient (Wildman–Crippen LogP) is 4.65. The number of anilines is 2. The Balaban J connectivity index is 1.94. The first-order valence-electron chi connectivity index (χ1n) is 7.30. The highest BCUT2D eigenvalue weighted by Gasteiger charge is 2.16. The Kier molecular flexibility index (Phi) is 5.04. The normalized spacial score (nSPS) is 10.9. The van der Waals surface area contributed by atoms with E-state index in [0.29, 0.717) is 5.69 Å². The first kappa shape index (κ1) is 15.9. The maximum Gasteiger partial charge on any atom is 0.412 e. The minimum absolute atomic E-state index is 0.451. The Hall–Kier alpha value is -2.49. The predicted molar refractivity (Wildman–Crippen MR) is 90.1 cm³/mol. The molecule has 0 aliphatic carbocycles. The first-order valence-corrected chi connectivity index (χ1v) is 7.30. The molecular weight excluding hydrogens is 276 g/mol. The smallest absolute Gasteiger partial charge is 0.412 e. The second kappa shape index (κ2) is 6.98. The monoisotopic (exact) mass is 298 g/mol. The highest BCUT2D eigenvalue weighted by Crippen LogP contribution is 2.17. The van der Waals surface area contributed by atoms with Gasteiger partial charge in [0.15, 0.2) is 0 Å². The maximum absolute atomic E-state index is 11.8. The number of nitrogens with one attached hydrogen (secondary N) is 2. The van der Waals surface area contributed by atoms with E-state index in [1.807, 2.05) is 63.2 Å². The van der Waals surface area contributed by atoms with E-state index in [9.17, 15) is 4.79 Å². The van der Waals surface area contributed by atoms with E-state index in [4.69, 9.17) is 4.74 Å². The van der Waals surface area contributed by atoms with Crippen LogP contribution in [0.3, 0.4) is 0 Å². The molecule has 22 heavy (non-hydrogen) atoms. The minimum Gasteiger partial charge on any atom is -0.444 e. The van der Waals surface area contributed by atoms with Gasteiger partial charge in [0, 0.05) is 17.9 Å². The average Bonchev–Trinajstić information content (AvgIpc) is 2.44. The van der Waals surface area contributed by atoms with Crippen molar-refractivity contribution in [2.75, 3.05) is 10.6 Å². The van der Waals surface area contributed by atoms with Gasteiger partial charge in [-0.05, 0) is 44.5 Å². The first-order chi connectivity index (χ1) is 10.4. The summed E-state index contributed by atoms with van der Waals surface area (Å²) in [6.07, 6.45) is -0.451. The summed E-state index contributed by atoms with van der Waals surface area (Å²) >= 11 is 0. The Bertz CT molecular complexity index is 618. The van der Waals surface area contributed by atoms with Crippen LogP contribution in [0.2, 0.25) is 0 Å². The Morgan fingerprint density at radius 2 is 1.68 bits per heavy atom. The summed E-state index contributed by atoms with van der Waals surface area (Å²) in [5, 5.41) is 6.07. The molecule has 0 spiro atoms. The molecule has 0 aliphatic rings. The second-order valence-corrected chi connectivity index (χ2v) is 6.05. The molecule has 0 fully saturated rings. The van der Waals surface area contributed by atoms with Crippen LogP contribution in [0.15, 0.2) is 54.6 Å². The molecule has 0 heterocycles. The van der Waals surface area contributed by atoms with Gasteiger partial charge in [0.2, 0.25) is 0 Å². The van der Waals surface area contributed by atoms with Crippen LogP contribution in [0.25, 0.3) is 0 Å². The zero-order chi connectivity index (χ0) is 16.0. The quantitative estimate of drug-likeness (QED) is 0.864. The van der Waals surface area contributed by atoms with E-state index >= 15 is 0 Å². The van der Waals surface area contributed by atoms with Crippen molar-refractivity contribution in [2.45, 2.75) is 32.9 Å². The van der Waals surface area contributed by atoms with E-state index < -0.39 is 11.7 Å². The lowest BCUT2D eigenvalue weighted by Crippen LogP contribution is -2.27. The molecule has 4 nitrogen and oxygen atoms in total. The van der Waals surface area contributed by atoms with Crippen LogP contribution in [0.4, 0.5) is 16.2 Å². The lowest BCUT2D eigenvalue weighted by atomic mass is 10.2. The molecule has 2 N–H and O–H groups in total. The third-order valence-electron chi connectivity index (χ3n) is 2.85. The number of carbonyl (C=O) groups is 1. The van der Waals surface area contributed by atoms with E-state index in [1.165, 1.54) is 5.56 Å². The van der Waals surface area contributed by atoms with Gasteiger partial charge in [0.05, 0.1) is 0 Å². The number of hydrogen-bond acceptors (Lipinski definition) is 3. The van der Waals surface area contributed by atoms with Gasteiger partial charge in [0.25, 0.3) is 0 Å². The zero-order valence-corrected chi connectivity index (χ0v) is 13.2. The van der Waals surface area contributed by atoms with Gasteiger partial charge < -0.3 is 10.1 Å². The number of ether oxygens (including phenoxy) is 1. The molecule has 116 valence electrons. The number of amides is 1. The average molecular weight is 298 g/mol. The minimum atomic E-state index is -0.507. The van der Waals surface area contributed by atoms with E-state index in [1.54, 1.807) is 0 Å². The zero-order valence-electron chi connectivity index (χ0n) is 13.2. The molecule has 0 aliphatic heterocycles. The van der Waals surface area contributed by atoms with Crippen molar-refractivity contribution in [3.8, 4) is 0 Å². The second-order valence-electron chi connectivity index (χ2n) is 6.05. The summed E-state index contributed by atoms with van der Waals surface area (Å²) in [5.41, 5.74) is 2.34. The molecule has 1 amide bonds. The lowest BCUT2D eigenvalue weighted by molar-refractivity contribution is 0.0636. The van der Waals surface area contributed by atoms with Crippen LogP contribution in [-0.2, 0) is 11.3 Å². The van der Waals surface area contributed by atoms with Crippen molar-refractivity contribution in [3.63, 3.8) is 0 Å². The Labute approximate surface area is 131 Å². The van der Waals surface area contributed by atoms with Crippen molar-refractivity contribution < 1.29 is 9.53 Å². The molecular formula is C18H22N2O2. The van der Waals surface area contributed by atoms with Crippen LogP contribution in [0.1, 0.15) is 26.3 Å². The molecule has 0 bridgehead atoms. The van der Waals surface area contributed by atoms with Gasteiger partial charge in [-0.25, -0.2) is 4.79 Å². The van der Waals surface area contributed by atoms with Crippen LogP contribution in [-0.4, -0.2) is 11.7 Å². The molecule has 2 aromatic rings. The summed E-state index contributed by atoms with van der Waals surface area (Å²) in [6.45, 7) is 6.25. The number of benzene rings is 2. The summed E-state index contributed by atoms with van der Waals surface area (Å²) in [6, 6.07) is 17.7. The highest BCUT2D eigenvalue weighted by molar-refractivity contribution is 5.85. The van der Waals surface area contributed by atoms with Crippen molar-refractivity contribution in [3.05, 3.63) is 60.2 Å². The fourth-order valence-electron chi connectivity index (χ4n) is 1.93. The van der Waals surface area contributed by atoms with Crippen molar-refractivity contribution >= 4 is 17.5 Å². The molecule has 0 atom stereocenters. The largest absolute Gasteiger partial charge is 0.444 e. The molecule has 2 aromatic carbocycles. The van der Waals surface area contributed by atoms with E-state index in [-0.39, 0.29) is 0 Å². The summed E-state index contributed by atoms with van der Waals surface area (Å²) in [5.74, 6) is 0. The molecule has 0 saturated carbocycles. The van der Waals surface area contributed by atoms with Crippen LogP contribution in [0.5, 0.6) is 0 Å². The van der Waals surface area contributed by atoms with Crippen LogP contribution in [0, 0.1) is 0 Å². The highest BCUT2D eigenvalue weighted by atomic mass is 16.6. The molecule has 4 heteroatoms. The molecule has 0 aromatic heterocycles. The SMILES string of the molecule is CC(C)(C)OC(=O)Nc1cccc(NCc2ccccc2)c1. The molecule has 0 radical (unpaired) electrons. The Morgan fingerprint density at radius 1 is 1.00 bits per heavy atom. The van der Waals surface area contributed by atoms with Gasteiger partial charge in [-0.2, -0.15) is 0 Å². The van der Waals surface area contributed by atoms with Gasteiger partial charge in [-0.15, -0.1) is 0 Å². The fourth-order valence-corrected chi connectivity index (χ4v) is 1.93. The van der Waals surface area contributed by atoms with E-state index in [0.717, 1.165) is 12.2 Å².